The second-order valence-electron chi connectivity index (χ2n) is 3.71. The van der Waals surface area contributed by atoms with Crippen LogP contribution >= 0.6 is 0 Å². The number of Topliss-reactive ketones (excluding diaryl/α,β-unsaturated/α-hetero) is 1. The third-order valence-electron chi connectivity index (χ3n) is 2.23. The highest BCUT2D eigenvalue weighted by molar-refractivity contribution is 5.81. The van der Waals surface area contributed by atoms with Crippen LogP contribution in [0, 0.1) is 5.92 Å². The van der Waals surface area contributed by atoms with Gasteiger partial charge in [-0.3, -0.25) is 9.59 Å². The maximum atomic E-state index is 10.3. The molecule has 15 heavy (non-hydrogen) atoms. The van der Waals surface area contributed by atoms with Crippen molar-refractivity contribution < 1.29 is 9.59 Å². The summed E-state index contributed by atoms with van der Waals surface area (Å²) in [5.41, 5.74) is 0. The van der Waals surface area contributed by atoms with Crippen LogP contribution in [0.5, 0.6) is 0 Å². The first kappa shape index (κ1) is 16.5. The number of rotatable bonds is 6. The molecule has 0 aromatic carbocycles. The molecule has 0 aliphatic rings. The minimum absolute atomic E-state index is 0.0529. The number of ketones is 1. The normalized spacial score (nSPS) is 11.3. The van der Waals surface area contributed by atoms with E-state index in [9.17, 15) is 9.59 Å². The van der Waals surface area contributed by atoms with Gasteiger partial charge in [0, 0.05) is 12.5 Å². The minimum Gasteiger partial charge on any atom is -0.352 e. The van der Waals surface area contributed by atoms with E-state index >= 15 is 0 Å². The maximum Gasteiger partial charge on any atom is 0.207 e. The molecule has 4 heteroatoms. The van der Waals surface area contributed by atoms with E-state index in [0.29, 0.717) is 18.9 Å². The molecule has 0 heterocycles. The van der Waals surface area contributed by atoms with Crippen LogP contribution in [-0.2, 0) is 9.59 Å². The van der Waals surface area contributed by atoms with Gasteiger partial charge in [0.2, 0.25) is 6.41 Å². The van der Waals surface area contributed by atoms with Gasteiger partial charge in [0.1, 0.15) is 0 Å². The maximum absolute atomic E-state index is 10.3. The van der Waals surface area contributed by atoms with E-state index < -0.39 is 0 Å². The quantitative estimate of drug-likeness (QED) is 0.650. The van der Waals surface area contributed by atoms with Gasteiger partial charge in [-0.2, -0.15) is 0 Å². The monoisotopic (exact) mass is 216 g/mol. The highest BCUT2D eigenvalue weighted by Gasteiger charge is 2.00. The molecule has 0 aromatic rings. The van der Waals surface area contributed by atoms with Crippen LogP contribution in [-0.4, -0.2) is 31.8 Å². The molecule has 4 nitrogen and oxygen atoms in total. The van der Waals surface area contributed by atoms with Crippen molar-refractivity contribution in [1.29, 1.82) is 0 Å². The number of amides is 1. The van der Waals surface area contributed by atoms with Crippen molar-refractivity contribution in [2.24, 2.45) is 5.92 Å². The second-order valence-corrected chi connectivity index (χ2v) is 3.71. The van der Waals surface area contributed by atoms with Crippen LogP contribution in [0.15, 0.2) is 0 Å². The Labute approximate surface area is 92.8 Å². The van der Waals surface area contributed by atoms with Crippen molar-refractivity contribution in [3.8, 4) is 0 Å². The first-order valence-corrected chi connectivity index (χ1v) is 5.35. The van der Waals surface area contributed by atoms with E-state index in [1.54, 1.807) is 6.92 Å². The summed E-state index contributed by atoms with van der Waals surface area (Å²) in [6, 6.07) is 0.653. The standard InChI is InChI=1S/C6H15N.C5H9NO2/c1-5(2)6(3)7-4;1-2-5(8)3-6-4-7/h5-7H,1-4H3;4H,2-3H2,1H3,(H,6,7). The van der Waals surface area contributed by atoms with Gasteiger partial charge >= 0.3 is 0 Å². The Hall–Kier alpha value is -0.900. The average molecular weight is 216 g/mol. The van der Waals surface area contributed by atoms with E-state index in [1.165, 1.54) is 0 Å². The summed E-state index contributed by atoms with van der Waals surface area (Å²) >= 11 is 0. The van der Waals surface area contributed by atoms with Gasteiger partial charge < -0.3 is 10.6 Å². The topological polar surface area (TPSA) is 58.2 Å². The van der Waals surface area contributed by atoms with Crippen LogP contribution < -0.4 is 10.6 Å². The van der Waals surface area contributed by atoms with Gasteiger partial charge in [0.25, 0.3) is 0 Å². The summed E-state index contributed by atoms with van der Waals surface area (Å²) in [6.07, 6.45) is 1.01. The molecule has 0 bridgehead atoms. The van der Waals surface area contributed by atoms with E-state index in [0.717, 1.165) is 5.92 Å². The fraction of sp³-hybridized carbons (Fsp3) is 0.818. The summed E-state index contributed by atoms with van der Waals surface area (Å²) in [6.45, 7) is 8.53. The molecular weight excluding hydrogens is 192 g/mol. The van der Waals surface area contributed by atoms with Crippen LogP contribution in [0.3, 0.4) is 0 Å². The number of hydrogen-bond acceptors (Lipinski definition) is 3. The molecule has 0 rings (SSSR count). The van der Waals surface area contributed by atoms with Crippen molar-refractivity contribution >= 4 is 12.2 Å². The zero-order valence-corrected chi connectivity index (χ0v) is 10.5. The first-order chi connectivity index (χ1) is 6.99. The molecular formula is C11H24N2O2. The SMILES string of the molecule is CCC(=O)CNC=O.CNC(C)C(C)C. The van der Waals surface area contributed by atoms with Gasteiger partial charge in [-0.25, -0.2) is 0 Å². The molecule has 0 fully saturated rings. The van der Waals surface area contributed by atoms with Crippen molar-refractivity contribution in [3.05, 3.63) is 0 Å². The molecule has 0 saturated carbocycles. The molecule has 1 amide bonds. The summed E-state index contributed by atoms with van der Waals surface area (Å²) in [5, 5.41) is 5.43. The molecule has 2 N–H and O–H groups in total. The molecule has 1 unspecified atom stereocenters. The summed E-state index contributed by atoms with van der Waals surface area (Å²) < 4.78 is 0. The van der Waals surface area contributed by atoms with Crippen LogP contribution in [0.25, 0.3) is 0 Å². The molecule has 0 aliphatic carbocycles. The van der Waals surface area contributed by atoms with Crippen molar-refractivity contribution in [1.82, 2.24) is 10.6 Å². The largest absolute Gasteiger partial charge is 0.352 e. The molecule has 90 valence electrons. The predicted molar refractivity (Wildman–Crippen MR) is 62.7 cm³/mol. The third kappa shape index (κ3) is 13.1. The smallest absolute Gasteiger partial charge is 0.207 e. The van der Waals surface area contributed by atoms with Gasteiger partial charge in [0.05, 0.1) is 6.54 Å². The predicted octanol–water partition coefficient (Wildman–Crippen LogP) is 0.962. The Balaban J connectivity index is 0. The zero-order valence-electron chi connectivity index (χ0n) is 10.5. The number of hydrogen-bond donors (Lipinski definition) is 2. The molecule has 0 aliphatic heterocycles. The lowest BCUT2D eigenvalue weighted by Gasteiger charge is -2.12. The minimum atomic E-state index is 0.0529. The van der Waals surface area contributed by atoms with Gasteiger partial charge in [-0.1, -0.05) is 20.8 Å². The highest BCUT2D eigenvalue weighted by atomic mass is 16.1. The average Bonchev–Trinajstić information content (AvgIpc) is 2.25. The lowest BCUT2D eigenvalue weighted by Crippen LogP contribution is -2.26. The van der Waals surface area contributed by atoms with Gasteiger partial charge in [-0.05, 0) is 19.9 Å². The molecule has 1 atom stereocenters. The third-order valence-corrected chi connectivity index (χ3v) is 2.23. The fourth-order valence-corrected chi connectivity index (χ4v) is 0.614. The Kier molecular flexibility index (Phi) is 12.3. The number of nitrogens with one attached hydrogen (secondary N) is 2. The molecule has 0 spiro atoms. The Morgan fingerprint density at radius 3 is 2.07 bits per heavy atom. The van der Waals surface area contributed by atoms with Crippen LogP contribution in [0.4, 0.5) is 0 Å². The lowest BCUT2D eigenvalue weighted by molar-refractivity contribution is -0.120. The number of carbonyl (C=O) groups excluding carboxylic acids is 2. The second kappa shape index (κ2) is 11.2. The van der Waals surface area contributed by atoms with Gasteiger partial charge in [-0.15, -0.1) is 0 Å². The van der Waals surface area contributed by atoms with Crippen LogP contribution in [0.2, 0.25) is 0 Å². The van der Waals surface area contributed by atoms with Gasteiger partial charge in [0.15, 0.2) is 5.78 Å². The highest BCUT2D eigenvalue weighted by Crippen LogP contribution is 1.96. The van der Waals surface area contributed by atoms with Crippen molar-refractivity contribution in [2.45, 2.75) is 40.2 Å². The first-order valence-electron chi connectivity index (χ1n) is 5.35. The molecule has 0 radical (unpaired) electrons. The van der Waals surface area contributed by atoms with E-state index in [2.05, 4.69) is 31.4 Å². The molecule has 0 saturated heterocycles. The summed E-state index contributed by atoms with van der Waals surface area (Å²) in [4.78, 5) is 19.9. The Morgan fingerprint density at radius 1 is 1.33 bits per heavy atom. The van der Waals surface area contributed by atoms with E-state index in [1.807, 2.05) is 7.05 Å². The summed E-state index contributed by atoms with van der Waals surface area (Å²) in [7, 11) is 1.99. The molecule has 0 aromatic heterocycles. The van der Waals surface area contributed by atoms with E-state index in [4.69, 9.17) is 0 Å². The van der Waals surface area contributed by atoms with E-state index in [-0.39, 0.29) is 12.3 Å². The van der Waals surface area contributed by atoms with Crippen molar-refractivity contribution in [3.63, 3.8) is 0 Å². The Morgan fingerprint density at radius 2 is 1.87 bits per heavy atom. The number of carbonyl (C=O) groups is 2. The summed E-state index contributed by atoms with van der Waals surface area (Å²) in [5.74, 6) is 0.808. The van der Waals surface area contributed by atoms with Crippen molar-refractivity contribution in [2.75, 3.05) is 13.6 Å². The Bertz CT molecular complexity index is 170. The van der Waals surface area contributed by atoms with Crippen LogP contribution in [0.1, 0.15) is 34.1 Å². The lowest BCUT2D eigenvalue weighted by atomic mass is 10.1. The zero-order chi connectivity index (χ0) is 12.3. The fourth-order valence-electron chi connectivity index (χ4n) is 0.614.